The van der Waals surface area contributed by atoms with Crippen LogP contribution in [0.1, 0.15) is 25.3 Å². The highest BCUT2D eigenvalue weighted by molar-refractivity contribution is 9.11. The molecule has 0 aliphatic carbocycles. The minimum absolute atomic E-state index is 0.982. The van der Waals surface area contributed by atoms with Gasteiger partial charge in [-0.3, -0.25) is 0 Å². The average molecular weight is 291 g/mol. The molecule has 0 atom stereocenters. The first-order chi connectivity index (χ1) is 7.33. The summed E-state index contributed by atoms with van der Waals surface area (Å²) in [6, 6.07) is 2.17. The predicted molar refractivity (Wildman–Crippen MR) is 71.5 cm³/mol. The second-order valence-corrected chi connectivity index (χ2v) is 5.83. The van der Waals surface area contributed by atoms with Crippen LogP contribution in [0.2, 0.25) is 0 Å². The summed E-state index contributed by atoms with van der Waals surface area (Å²) >= 11 is 5.21. The smallest absolute Gasteiger partial charge is 0.0701 e. The molecule has 0 aromatic carbocycles. The Labute approximate surface area is 105 Å². The van der Waals surface area contributed by atoms with Crippen LogP contribution in [-0.4, -0.2) is 19.6 Å². The Morgan fingerprint density at radius 3 is 2.73 bits per heavy atom. The van der Waals surface area contributed by atoms with Gasteiger partial charge in [0.05, 0.1) is 3.79 Å². The molecule has 4 heteroatoms. The third-order valence-corrected chi connectivity index (χ3v) is 3.64. The Balaban J connectivity index is 1.93. The lowest BCUT2D eigenvalue weighted by molar-refractivity contribution is 0.592. The number of thiophene rings is 1. The molecule has 0 spiro atoms. The minimum atomic E-state index is 0.982. The van der Waals surface area contributed by atoms with Gasteiger partial charge in [0.15, 0.2) is 0 Å². The molecule has 86 valence electrons. The van der Waals surface area contributed by atoms with Crippen LogP contribution in [-0.2, 0) is 6.54 Å². The molecule has 0 amide bonds. The molecule has 0 aliphatic heterocycles. The van der Waals surface area contributed by atoms with Crippen molar-refractivity contribution in [1.29, 1.82) is 0 Å². The third-order valence-electron chi connectivity index (χ3n) is 2.08. The van der Waals surface area contributed by atoms with Crippen LogP contribution in [0.25, 0.3) is 0 Å². The van der Waals surface area contributed by atoms with Crippen molar-refractivity contribution < 1.29 is 0 Å². The van der Waals surface area contributed by atoms with Crippen LogP contribution in [0.3, 0.4) is 0 Å². The maximum atomic E-state index is 3.46. The van der Waals surface area contributed by atoms with E-state index >= 15 is 0 Å². The SMILES string of the molecule is CCCNCCCNCc1csc(Br)c1. The largest absolute Gasteiger partial charge is 0.317 e. The summed E-state index contributed by atoms with van der Waals surface area (Å²) < 4.78 is 1.21. The minimum Gasteiger partial charge on any atom is -0.317 e. The Morgan fingerprint density at radius 1 is 1.27 bits per heavy atom. The van der Waals surface area contributed by atoms with Gasteiger partial charge < -0.3 is 10.6 Å². The molecular weight excluding hydrogens is 272 g/mol. The zero-order chi connectivity index (χ0) is 10.9. The summed E-state index contributed by atoms with van der Waals surface area (Å²) in [6.07, 6.45) is 2.42. The molecule has 1 heterocycles. The van der Waals surface area contributed by atoms with E-state index in [4.69, 9.17) is 0 Å². The van der Waals surface area contributed by atoms with Gasteiger partial charge in [0, 0.05) is 6.54 Å². The first-order valence-electron chi connectivity index (χ1n) is 5.47. The average Bonchev–Trinajstić information content (AvgIpc) is 2.63. The van der Waals surface area contributed by atoms with E-state index in [1.165, 1.54) is 22.2 Å². The van der Waals surface area contributed by atoms with Gasteiger partial charge in [-0.05, 0) is 65.4 Å². The molecule has 1 rings (SSSR count). The van der Waals surface area contributed by atoms with E-state index < -0.39 is 0 Å². The molecule has 0 unspecified atom stereocenters. The molecule has 0 bridgehead atoms. The van der Waals surface area contributed by atoms with Gasteiger partial charge in [0.2, 0.25) is 0 Å². The van der Waals surface area contributed by atoms with Crippen molar-refractivity contribution in [2.75, 3.05) is 19.6 Å². The Kier molecular flexibility index (Phi) is 7.26. The summed E-state index contributed by atoms with van der Waals surface area (Å²) in [5.74, 6) is 0. The number of rotatable bonds is 8. The third kappa shape index (κ3) is 6.30. The molecule has 2 nitrogen and oxygen atoms in total. The summed E-state index contributed by atoms with van der Waals surface area (Å²) in [4.78, 5) is 0. The van der Waals surface area contributed by atoms with Crippen LogP contribution in [0.4, 0.5) is 0 Å². The molecular formula is C11H19BrN2S. The van der Waals surface area contributed by atoms with Gasteiger partial charge in [-0.15, -0.1) is 11.3 Å². The highest BCUT2D eigenvalue weighted by atomic mass is 79.9. The van der Waals surface area contributed by atoms with Crippen molar-refractivity contribution in [1.82, 2.24) is 10.6 Å². The monoisotopic (exact) mass is 290 g/mol. The number of hydrogen-bond acceptors (Lipinski definition) is 3. The van der Waals surface area contributed by atoms with Crippen molar-refractivity contribution in [3.63, 3.8) is 0 Å². The molecule has 2 N–H and O–H groups in total. The Hall–Kier alpha value is 0.100. The van der Waals surface area contributed by atoms with Gasteiger partial charge in [-0.25, -0.2) is 0 Å². The second kappa shape index (κ2) is 8.28. The molecule has 1 aromatic rings. The summed E-state index contributed by atoms with van der Waals surface area (Å²) in [5, 5.41) is 9.02. The highest BCUT2D eigenvalue weighted by Gasteiger charge is 1.95. The first kappa shape index (κ1) is 13.2. The van der Waals surface area contributed by atoms with Gasteiger partial charge in [0.25, 0.3) is 0 Å². The van der Waals surface area contributed by atoms with Crippen molar-refractivity contribution >= 4 is 27.3 Å². The molecule has 0 radical (unpaired) electrons. The lowest BCUT2D eigenvalue weighted by atomic mass is 10.3. The van der Waals surface area contributed by atoms with Crippen molar-refractivity contribution in [3.05, 3.63) is 20.8 Å². The van der Waals surface area contributed by atoms with Gasteiger partial charge >= 0.3 is 0 Å². The maximum absolute atomic E-state index is 3.46. The van der Waals surface area contributed by atoms with E-state index in [2.05, 4.69) is 44.9 Å². The van der Waals surface area contributed by atoms with Crippen molar-refractivity contribution in [2.45, 2.75) is 26.3 Å². The molecule has 1 aromatic heterocycles. The van der Waals surface area contributed by atoms with Crippen LogP contribution >= 0.6 is 27.3 Å². The first-order valence-corrected chi connectivity index (χ1v) is 7.14. The predicted octanol–water partition coefficient (Wildman–Crippen LogP) is 2.99. The van der Waals surface area contributed by atoms with E-state index in [9.17, 15) is 0 Å². The fraction of sp³-hybridized carbons (Fsp3) is 0.636. The zero-order valence-corrected chi connectivity index (χ0v) is 11.6. The fourth-order valence-corrected chi connectivity index (χ4v) is 2.52. The maximum Gasteiger partial charge on any atom is 0.0701 e. The second-order valence-electron chi connectivity index (χ2n) is 3.54. The summed E-state index contributed by atoms with van der Waals surface area (Å²) in [5.41, 5.74) is 1.37. The van der Waals surface area contributed by atoms with Crippen molar-refractivity contribution in [2.24, 2.45) is 0 Å². The van der Waals surface area contributed by atoms with Gasteiger partial charge in [-0.2, -0.15) is 0 Å². The molecule has 0 saturated carbocycles. The Bertz CT molecular complexity index is 263. The number of hydrogen-bond donors (Lipinski definition) is 2. The number of halogens is 1. The summed E-state index contributed by atoms with van der Waals surface area (Å²) in [6.45, 7) is 6.52. The van der Waals surface area contributed by atoms with E-state index in [-0.39, 0.29) is 0 Å². The van der Waals surface area contributed by atoms with E-state index in [1.807, 2.05) is 0 Å². The summed E-state index contributed by atoms with van der Waals surface area (Å²) in [7, 11) is 0. The highest BCUT2D eigenvalue weighted by Crippen LogP contribution is 2.20. The lowest BCUT2D eigenvalue weighted by Gasteiger charge is -2.04. The standard InChI is InChI=1S/C11H19BrN2S/c1-2-4-13-5-3-6-14-8-10-7-11(12)15-9-10/h7,9,13-14H,2-6,8H2,1H3. The van der Waals surface area contributed by atoms with Crippen LogP contribution in [0.5, 0.6) is 0 Å². The van der Waals surface area contributed by atoms with Gasteiger partial charge in [0.1, 0.15) is 0 Å². The van der Waals surface area contributed by atoms with Crippen LogP contribution in [0.15, 0.2) is 15.2 Å². The van der Waals surface area contributed by atoms with E-state index in [0.717, 1.165) is 26.2 Å². The Morgan fingerprint density at radius 2 is 2.07 bits per heavy atom. The fourth-order valence-electron chi connectivity index (χ4n) is 1.31. The molecule has 0 saturated heterocycles. The zero-order valence-electron chi connectivity index (χ0n) is 9.18. The van der Waals surface area contributed by atoms with Crippen LogP contribution < -0.4 is 10.6 Å². The quantitative estimate of drug-likeness (QED) is 0.720. The normalized spacial score (nSPS) is 10.8. The van der Waals surface area contributed by atoms with Gasteiger partial charge in [-0.1, -0.05) is 6.92 Å². The molecule has 0 aliphatic rings. The van der Waals surface area contributed by atoms with E-state index in [1.54, 1.807) is 11.3 Å². The molecule has 15 heavy (non-hydrogen) atoms. The van der Waals surface area contributed by atoms with E-state index in [0.29, 0.717) is 0 Å². The topological polar surface area (TPSA) is 24.1 Å². The number of nitrogens with one attached hydrogen (secondary N) is 2. The lowest BCUT2D eigenvalue weighted by Crippen LogP contribution is -2.22. The van der Waals surface area contributed by atoms with Crippen molar-refractivity contribution in [3.8, 4) is 0 Å². The van der Waals surface area contributed by atoms with Crippen LogP contribution in [0, 0.1) is 0 Å². The molecule has 0 fully saturated rings.